The third-order valence-electron chi connectivity index (χ3n) is 2.57. The molecule has 92 valence electrons. The van der Waals surface area contributed by atoms with Crippen LogP contribution in [-0.4, -0.2) is 20.2 Å². The van der Waals surface area contributed by atoms with E-state index in [2.05, 4.69) is 36.1 Å². The van der Waals surface area contributed by atoms with E-state index >= 15 is 0 Å². The molecule has 0 unspecified atom stereocenters. The van der Waals surface area contributed by atoms with Crippen LogP contribution in [0, 0.1) is 0 Å². The summed E-state index contributed by atoms with van der Waals surface area (Å²) in [6, 6.07) is 15.2. The highest BCUT2D eigenvalue weighted by atomic mass is 79.9. The van der Waals surface area contributed by atoms with Gasteiger partial charge in [-0.3, -0.25) is 4.98 Å². The predicted octanol–water partition coefficient (Wildman–Crippen LogP) is 3.36. The summed E-state index contributed by atoms with van der Waals surface area (Å²) < 4.78 is 0.778. The Morgan fingerprint density at radius 2 is 1.42 bits per heavy atom. The maximum Gasteiger partial charge on any atom is 0.111 e. The fraction of sp³-hybridized carbons (Fsp3) is 0. The van der Waals surface area contributed by atoms with Gasteiger partial charge in [0, 0.05) is 6.20 Å². The van der Waals surface area contributed by atoms with Crippen molar-refractivity contribution in [3.63, 3.8) is 0 Å². The van der Waals surface area contributed by atoms with Gasteiger partial charge in [-0.1, -0.05) is 12.1 Å². The largest absolute Gasteiger partial charge is 0.255 e. The molecule has 0 N–H and O–H groups in total. The normalized spacial score (nSPS) is 10.4. The van der Waals surface area contributed by atoms with E-state index in [4.69, 9.17) is 0 Å². The summed E-state index contributed by atoms with van der Waals surface area (Å²) in [6.45, 7) is 0. The van der Waals surface area contributed by atoms with Crippen LogP contribution in [0.1, 0.15) is 0 Å². The average molecular weight is 313 g/mol. The van der Waals surface area contributed by atoms with Crippen molar-refractivity contribution in [2.24, 2.45) is 0 Å². The van der Waals surface area contributed by atoms with Crippen molar-refractivity contribution < 1.29 is 0 Å². The van der Waals surface area contributed by atoms with Crippen LogP contribution in [0.25, 0.3) is 22.8 Å². The fourth-order valence-corrected chi connectivity index (χ4v) is 2.01. The quantitative estimate of drug-likeness (QED) is 0.681. The molecular weight excluding hydrogens is 304 g/mol. The molecule has 0 aliphatic carbocycles. The molecule has 3 heterocycles. The van der Waals surface area contributed by atoms with Gasteiger partial charge in [0.05, 0.1) is 11.4 Å². The van der Waals surface area contributed by atoms with Crippen molar-refractivity contribution in [1.29, 1.82) is 0 Å². The Morgan fingerprint density at radius 3 is 2.05 bits per heavy atom. The van der Waals surface area contributed by atoms with Gasteiger partial charge in [0.25, 0.3) is 0 Å². The van der Waals surface area contributed by atoms with Crippen LogP contribution >= 0.6 is 15.9 Å². The van der Waals surface area contributed by atoms with E-state index in [1.165, 1.54) is 0 Å². The standard InChI is InChI=1S/C14H9BrN4/c15-14-6-3-5-11(17-14)13-8-7-12(18-19-13)10-4-1-2-9-16-10/h1-9H. The van der Waals surface area contributed by atoms with Crippen molar-refractivity contribution in [2.45, 2.75) is 0 Å². The van der Waals surface area contributed by atoms with Gasteiger partial charge in [-0.15, -0.1) is 10.2 Å². The molecule has 0 aliphatic rings. The van der Waals surface area contributed by atoms with Gasteiger partial charge < -0.3 is 0 Å². The minimum absolute atomic E-state index is 0.737. The maximum absolute atomic E-state index is 4.34. The second-order valence-corrected chi connectivity index (χ2v) is 4.68. The van der Waals surface area contributed by atoms with E-state index in [9.17, 15) is 0 Å². The fourth-order valence-electron chi connectivity index (χ4n) is 1.67. The molecule has 4 nitrogen and oxygen atoms in total. The van der Waals surface area contributed by atoms with Crippen LogP contribution in [0.3, 0.4) is 0 Å². The molecule has 3 aromatic rings. The third kappa shape index (κ3) is 2.66. The first-order valence-corrected chi connectivity index (χ1v) is 6.50. The van der Waals surface area contributed by atoms with Gasteiger partial charge in [-0.2, -0.15) is 0 Å². The van der Waals surface area contributed by atoms with Crippen LogP contribution in [0.15, 0.2) is 59.3 Å². The summed E-state index contributed by atoms with van der Waals surface area (Å²) in [5.41, 5.74) is 3.08. The molecule has 19 heavy (non-hydrogen) atoms. The second-order valence-electron chi connectivity index (χ2n) is 3.86. The molecule has 0 amide bonds. The van der Waals surface area contributed by atoms with Gasteiger partial charge in [0.1, 0.15) is 16.0 Å². The first-order valence-electron chi connectivity index (χ1n) is 5.71. The number of nitrogens with zero attached hydrogens (tertiary/aromatic N) is 4. The zero-order chi connectivity index (χ0) is 13.1. The highest BCUT2D eigenvalue weighted by Crippen LogP contribution is 2.19. The van der Waals surface area contributed by atoms with Crippen molar-refractivity contribution in [3.8, 4) is 22.8 Å². The molecule has 0 bridgehead atoms. The van der Waals surface area contributed by atoms with Crippen molar-refractivity contribution in [1.82, 2.24) is 20.2 Å². The summed E-state index contributed by atoms with van der Waals surface area (Å²) in [4.78, 5) is 8.58. The molecule has 3 aromatic heterocycles. The minimum atomic E-state index is 0.737. The highest BCUT2D eigenvalue weighted by Gasteiger charge is 2.05. The third-order valence-corrected chi connectivity index (χ3v) is 3.01. The van der Waals surface area contributed by atoms with Crippen LogP contribution in [0.5, 0.6) is 0 Å². The van der Waals surface area contributed by atoms with Crippen molar-refractivity contribution >= 4 is 15.9 Å². The molecule has 0 atom stereocenters. The first kappa shape index (κ1) is 11.9. The van der Waals surface area contributed by atoms with Gasteiger partial charge >= 0.3 is 0 Å². The number of halogens is 1. The first-order chi connectivity index (χ1) is 9.33. The average Bonchev–Trinajstić information content (AvgIpc) is 2.48. The van der Waals surface area contributed by atoms with Crippen LogP contribution in [0.4, 0.5) is 0 Å². The van der Waals surface area contributed by atoms with Crippen molar-refractivity contribution in [3.05, 3.63) is 59.3 Å². The van der Waals surface area contributed by atoms with Gasteiger partial charge in [0.2, 0.25) is 0 Å². The van der Waals surface area contributed by atoms with E-state index in [0.29, 0.717) is 0 Å². The summed E-state index contributed by atoms with van der Waals surface area (Å²) in [7, 11) is 0. The monoisotopic (exact) mass is 312 g/mol. The summed E-state index contributed by atoms with van der Waals surface area (Å²) in [5.74, 6) is 0. The van der Waals surface area contributed by atoms with Gasteiger partial charge in [-0.05, 0) is 52.3 Å². The van der Waals surface area contributed by atoms with Crippen molar-refractivity contribution in [2.75, 3.05) is 0 Å². The molecule has 0 saturated carbocycles. The Morgan fingerprint density at radius 1 is 0.684 bits per heavy atom. The van der Waals surface area contributed by atoms with Crippen LogP contribution < -0.4 is 0 Å². The molecule has 3 rings (SSSR count). The highest BCUT2D eigenvalue weighted by molar-refractivity contribution is 9.10. The topological polar surface area (TPSA) is 51.6 Å². The molecule has 0 aliphatic heterocycles. The number of rotatable bonds is 2. The number of aromatic nitrogens is 4. The minimum Gasteiger partial charge on any atom is -0.255 e. The Bertz CT molecular complexity index is 683. The lowest BCUT2D eigenvalue weighted by Gasteiger charge is -2.01. The predicted molar refractivity (Wildman–Crippen MR) is 76.2 cm³/mol. The lowest BCUT2D eigenvalue weighted by Crippen LogP contribution is -1.93. The lowest BCUT2D eigenvalue weighted by molar-refractivity contribution is 1.02. The molecular formula is C14H9BrN4. The SMILES string of the molecule is Brc1cccc(-c2ccc(-c3ccccn3)nn2)n1. The summed E-state index contributed by atoms with van der Waals surface area (Å²) >= 11 is 3.34. The maximum atomic E-state index is 4.34. The van der Waals surface area contributed by atoms with Crippen LogP contribution in [0.2, 0.25) is 0 Å². The van der Waals surface area contributed by atoms with Gasteiger partial charge in [0.15, 0.2) is 0 Å². The smallest absolute Gasteiger partial charge is 0.111 e. The Kier molecular flexibility index (Phi) is 3.29. The molecule has 0 aromatic carbocycles. The molecule has 0 fully saturated rings. The van der Waals surface area contributed by atoms with Crippen LogP contribution in [-0.2, 0) is 0 Å². The molecule has 5 heteroatoms. The van der Waals surface area contributed by atoms with E-state index in [0.717, 1.165) is 27.4 Å². The Labute approximate surface area is 118 Å². The van der Waals surface area contributed by atoms with E-state index in [1.807, 2.05) is 48.5 Å². The van der Waals surface area contributed by atoms with E-state index < -0.39 is 0 Å². The lowest BCUT2D eigenvalue weighted by atomic mass is 10.2. The number of hydrogen-bond acceptors (Lipinski definition) is 4. The van der Waals surface area contributed by atoms with E-state index in [-0.39, 0.29) is 0 Å². The Hall–Kier alpha value is -2.14. The zero-order valence-corrected chi connectivity index (χ0v) is 11.4. The second kappa shape index (κ2) is 5.24. The molecule has 0 spiro atoms. The summed E-state index contributed by atoms with van der Waals surface area (Å²) in [5, 5.41) is 8.38. The van der Waals surface area contributed by atoms with Gasteiger partial charge in [-0.25, -0.2) is 4.98 Å². The summed E-state index contributed by atoms with van der Waals surface area (Å²) in [6.07, 6.45) is 1.74. The Balaban J connectivity index is 1.95. The molecule has 0 radical (unpaired) electrons. The van der Waals surface area contributed by atoms with E-state index in [1.54, 1.807) is 6.20 Å². The number of hydrogen-bond donors (Lipinski definition) is 0. The number of pyridine rings is 2. The molecule has 0 saturated heterocycles. The zero-order valence-electron chi connectivity index (χ0n) is 9.86.